The summed E-state index contributed by atoms with van der Waals surface area (Å²) in [6, 6.07) is 15.5. The highest BCUT2D eigenvalue weighted by molar-refractivity contribution is 6.09. The lowest BCUT2D eigenvalue weighted by molar-refractivity contribution is -0.123. The molecule has 1 aromatic carbocycles. The number of carbonyl (C=O) groups excluding carboxylic acids is 2. The molecule has 11 nitrogen and oxygen atoms in total. The Labute approximate surface area is 231 Å². The van der Waals surface area contributed by atoms with Crippen LogP contribution < -0.4 is 15.1 Å². The summed E-state index contributed by atoms with van der Waals surface area (Å²) in [4.78, 5) is 44.5. The molecule has 2 fully saturated rings. The Bertz CT molecular complexity index is 1510. The maximum Gasteiger partial charge on any atom is 0.290 e. The Morgan fingerprint density at radius 2 is 1.73 bits per heavy atom. The molecular weight excluding hydrogens is 510 g/mol. The lowest BCUT2D eigenvalue weighted by Crippen LogP contribution is -2.44. The third-order valence-electron chi connectivity index (χ3n) is 7.18. The number of pyridine rings is 2. The van der Waals surface area contributed by atoms with Crippen molar-refractivity contribution in [2.45, 2.75) is 12.8 Å². The van der Waals surface area contributed by atoms with E-state index in [1.165, 1.54) is 0 Å². The largest absolute Gasteiger partial charge is 0.483 e. The van der Waals surface area contributed by atoms with Crippen LogP contribution in [0.5, 0.6) is 0 Å². The molecule has 4 aromatic rings. The molecule has 2 saturated heterocycles. The summed E-state index contributed by atoms with van der Waals surface area (Å²) in [6.07, 6.45) is 6.78. The summed E-state index contributed by atoms with van der Waals surface area (Å²) in [6.45, 7) is 4.43. The Morgan fingerprint density at radius 3 is 2.42 bits per heavy atom. The van der Waals surface area contributed by atoms with Gasteiger partial charge < -0.3 is 25.1 Å². The van der Waals surface area contributed by atoms with Crippen molar-refractivity contribution in [1.29, 1.82) is 0 Å². The smallest absolute Gasteiger partial charge is 0.290 e. The van der Waals surface area contributed by atoms with Gasteiger partial charge in [-0.15, -0.1) is 0 Å². The number of hydrogen-bond acceptors (Lipinski definition) is 7. The fourth-order valence-corrected chi connectivity index (χ4v) is 4.99. The number of benzene rings is 1. The van der Waals surface area contributed by atoms with Gasteiger partial charge in [-0.25, -0.2) is 9.50 Å². The standard InChI is InChI=1S/C28H29N7O2.CH2O2/c1-32-13-15-33(16-14-32)26-18-20(8-10-29-26)21-9-12-35-25(17-21)24(19-30-35)28(37)31-22-4-6-23(7-5-22)34-11-2-3-27(34)36;2-1-3/h4-10,12,17-19H,2-3,11,13-16H2,1H3,(H,31,37);1H,(H,2,3). The van der Waals surface area contributed by atoms with Crippen molar-refractivity contribution in [2.24, 2.45) is 0 Å². The van der Waals surface area contributed by atoms with E-state index in [2.05, 4.69) is 38.3 Å². The number of fused-ring (bicyclic) bond motifs is 1. The fourth-order valence-electron chi connectivity index (χ4n) is 4.99. The Balaban J connectivity index is 0.00000103. The first kappa shape index (κ1) is 26.8. The quantitative estimate of drug-likeness (QED) is 0.369. The number of carboxylic acid groups (broad SMARTS) is 1. The maximum absolute atomic E-state index is 13.2. The summed E-state index contributed by atoms with van der Waals surface area (Å²) in [5.74, 6) is 0.879. The first-order valence-electron chi connectivity index (χ1n) is 13.1. The molecule has 6 rings (SSSR count). The van der Waals surface area contributed by atoms with Gasteiger partial charge in [0.2, 0.25) is 5.91 Å². The van der Waals surface area contributed by atoms with Crippen LogP contribution >= 0.6 is 0 Å². The summed E-state index contributed by atoms with van der Waals surface area (Å²) in [5, 5.41) is 14.2. The number of amides is 2. The predicted octanol–water partition coefficient (Wildman–Crippen LogP) is 3.23. The van der Waals surface area contributed by atoms with E-state index in [-0.39, 0.29) is 18.3 Å². The molecule has 206 valence electrons. The molecule has 0 atom stereocenters. The summed E-state index contributed by atoms with van der Waals surface area (Å²) >= 11 is 0. The van der Waals surface area contributed by atoms with E-state index in [4.69, 9.17) is 9.90 Å². The van der Waals surface area contributed by atoms with Gasteiger partial charge in [0.05, 0.1) is 17.3 Å². The second-order valence-corrected chi connectivity index (χ2v) is 9.75. The molecule has 40 heavy (non-hydrogen) atoms. The second kappa shape index (κ2) is 12.0. The van der Waals surface area contributed by atoms with Gasteiger partial charge in [-0.2, -0.15) is 5.10 Å². The van der Waals surface area contributed by atoms with Gasteiger partial charge in [0.1, 0.15) is 5.82 Å². The van der Waals surface area contributed by atoms with Crippen LogP contribution in [-0.2, 0) is 9.59 Å². The number of likely N-dealkylation sites (N-methyl/N-ethyl adjacent to an activating group) is 1. The number of hydrogen-bond donors (Lipinski definition) is 2. The molecule has 0 saturated carbocycles. The van der Waals surface area contributed by atoms with Crippen molar-refractivity contribution < 1.29 is 19.5 Å². The zero-order valence-corrected chi connectivity index (χ0v) is 22.2. The highest BCUT2D eigenvalue weighted by Crippen LogP contribution is 2.27. The number of nitrogens with one attached hydrogen (secondary N) is 1. The van der Waals surface area contributed by atoms with Crippen LogP contribution in [0.25, 0.3) is 16.6 Å². The SMILES string of the molecule is CN1CCN(c2cc(-c3ccn4ncc(C(=O)Nc5ccc(N6CCCC6=O)cc5)c4c3)ccn2)CC1.O=CO. The monoisotopic (exact) mass is 541 g/mol. The van der Waals surface area contributed by atoms with E-state index < -0.39 is 0 Å². The molecule has 0 unspecified atom stereocenters. The Kier molecular flexibility index (Phi) is 8.02. The highest BCUT2D eigenvalue weighted by Gasteiger charge is 2.22. The topological polar surface area (TPSA) is 123 Å². The van der Waals surface area contributed by atoms with Gasteiger partial charge in [-0.3, -0.25) is 14.4 Å². The molecule has 11 heteroatoms. The van der Waals surface area contributed by atoms with Gasteiger partial charge in [-0.05, 0) is 73.1 Å². The number of anilines is 3. The third kappa shape index (κ3) is 5.79. The fraction of sp³-hybridized carbons (Fsp3) is 0.276. The molecule has 3 aromatic heterocycles. The van der Waals surface area contributed by atoms with Crippen molar-refractivity contribution >= 4 is 41.0 Å². The molecule has 2 aliphatic rings. The van der Waals surface area contributed by atoms with Crippen molar-refractivity contribution in [3.8, 4) is 11.1 Å². The molecule has 0 aliphatic carbocycles. The first-order valence-corrected chi connectivity index (χ1v) is 13.1. The molecule has 0 bridgehead atoms. The van der Waals surface area contributed by atoms with Gasteiger partial charge in [-0.1, -0.05) is 0 Å². The predicted molar refractivity (Wildman–Crippen MR) is 153 cm³/mol. The van der Waals surface area contributed by atoms with Crippen LogP contribution in [0.4, 0.5) is 17.2 Å². The molecule has 2 amide bonds. The van der Waals surface area contributed by atoms with Crippen LogP contribution in [0.1, 0.15) is 23.2 Å². The van der Waals surface area contributed by atoms with Crippen molar-refractivity contribution in [3.63, 3.8) is 0 Å². The van der Waals surface area contributed by atoms with Crippen LogP contribution in [0.2, 0.25) is 0 Å². The molecule has 2 aliphatic heterocycles. The average molecular weight is 542 g/mol. The van der Waals surface area contributed by atoms with E-state index >= 15 is 0 Å². The third-order valence-corrected chi connectivity index (χ3v) is 7.18. The normalized spacial score (nSPS) is 15.6. The van der Waals surface area contributed by atoms with E-state index in [0.29, 0.717) is 17.7 Å². The van der Waals surface area contributed by atoms with Crippen LogP contribution in [0, 0.1) is 0 Å². The zero-order valence-electron chi connectivity index (χ0n) is 22.2. The minimum absolute atomic E-state index is 0.142. The number of nitrogens with zero attached hydrogens (tertiary/aromatic N) is 6. The molecule has 0 spiro atoms. The number of piperazine rings is 1. The number of carbonyl (C=O) groups is 3. The lowest BCUT2D eigenvalue weighted by atomic mass is 10.1. The van der Waals surface area contributed by atoms with E-state index in [9.17, 15) is 9.59 Å². The van der Waals surface area contributed by atoms with E-state index in [1.54, 1.807) is 15.6 Å². The number of rotatable bonds is 5. The molecule has 2 N–H and O–H groups in total. The lowest BCUT2D eigenvalue weighted by Gasteiger charge is -2.33. The van der Waals surface area contributed by atoms with Crippen molar-refractivity contribution in [1.82, 2.24) is 19.5 Å². The van der Waals surface area contributed by atoms with Crippen LogP contribution in [0.3, 0.4) is 0 Å². The Morgan fingerprint density at radius 1 is 1.00 bits per heavy atom. The van der Waals surface area contributed by atoms with Crippen LogP contribution in [0.15, 0.2) is 67.1 Å². The van der Waals surface area contributed by atoms with Crippen molar-refractivity contribution in [2.75, 3.05) is 54.9 Å². The zero-order chi connectivity index (χ0) is 28.1. The van der Waals surface area contributed by atoms with Gasteiger partial charge >= 0.3 is 0 Å². The summed E-state index contributed by atoms with van der Waals surface area (Å²) < 4.78 is 1.71. The minimum Gasteiger partial charge on any atom is -0.483 e. The second-order valence-electron chi connectivity index (χ2n) is 9.75. The van der Waals surface area contributed by atoms with Gasteiger partial charge in [0.25, 0.3) is 12.4 Å². The van der Waals surface area contributed by atoms with Gasteiger partial charge in [0, 0.05) is 62.9 Å². The van der Waals surface area contributed by atoms with Gasteiger partial charge in [0.15, 0.2) is 0 Å². The summed E-state index contributed by atoms with van der Waals surface area (Å²) in [7, 11) is 2.14. The van der Waals surface area contributed by atoms with Crippen LogP contribution in [-0.4, -0.2) is 82.7 Å². The average Bonchev–Trinajstić information content (AvgIpc) is 3.60. The molecule has 5 heterocycles. The van der Waals surface area contributed by atoms with E-state index in [1.807, 2.05) is 54.9 Å². The van der Waals surface area contributed by atoms with E-state index in [0.717, 1.165) is 67.3 Å². The number of aromatic nitrogens is 3. The minimum atomic E-state index is -0.250. The molecular formula is C29H31N7O4. The Hall–Kier alpha value is -4.77. The highest BCUT2D eigenvalue weighted by atomic mass is 16.3. The summed E-state index contributed by atoms with van der Waals surface area (Å²) in [5.41, 5.74) is 4.79. The van der Waals surface area contributed by atoms with Crippen molar-refractivity contribution in [3.05, 3.63) is 72.7 Å². The molecule has 0 radical (unpaired) electrons. The first-order chi connectivity index (χ1) is 19.5. The maximum atomic E-state index is 13.2.